The molecular formula is C21H25N3O2. The summed E-state index contributed by atoms with van der Waals surface area (Å²) in [6.07, 6.45) is 4.59. The lowest BCUT2D eigenvalue weighted by Gasteiger charge is -2.23. The molecule has 1 aliphatic heterocycles. The van der Waals surface area contributed by atoms with E-state index in [4.69, 9.17) is 0 Å². The van der Waals surface area contributed by atoms with Gasteiger partial charge in [-0.05, 0) is 49.1 Å². The quantitative estimate of drug-likeness (QED) is 0.832. The highest BCUT2D eigenvalue weighted by atomic mass is 16.2. The number of benzene rings is 1. The van der Waals surface area contributed by atoms with Gasteiger partial charge in [0.05, 0.1) is 5.92 Å². The van der Waals surface area contributed by atoms with Crippen molar-refractivity contribution in [1.82, 2.24) is 9.88 Å². The molecule has 1 fully saturated rings. The van der Waals surface area contributed by atoms with Crippen LogP contribution in [0.3, 0.4) is 0 Å². The van der Waals surface area contributed by atoms with Crippen LogP contribution in [0.25, 0.3) is 0 Å². The van der Waals surface area contributed by atoms with Crippen LogP contribution in [0.2, 0.25) is 0 Å². The maximum Gasteiger partial charge on any atom is 0.227 e. The number of rotatable bonds is 5. The Morgan fingerprint density at radius 3 is 2.50 bits per heavy atom. The monoisotopic (exact) mass is 351 g/mol. The molecule has 0 saturated carbocycles. The molecule has 5 heteroatoms. The van der Waals surface area contributed by atoms with E-state index in [9.17, 15) is 9.59 Å². The van der Waals surface area contributed by atoms with Gasteiger partial charge in [-0.1, -0.05) is 18.2 Å². The van der Waals surface area contributed by atoms with E-state index in [0.717, 1.165) is 28.8 Å². The molecule has 1 unspecified atom stereocenters. The Balaban J connectivity index is 1.65. The summed E-state index contributed by atoms with van der Waals surface area (Å²) in [4.78, 5) is 32.9. The number of aromatic nitrogens is 1. The van der Waals surface area contributed by atoms with Crippen LogP contribution >= 0.6 is 0 Å². The average molecular weight is 351 g/mol. The van der Waals surface area contributed by atoms with Crippen molar-refractivity contribution in [3.63, 3.8) is 0 Å². The van der Waals surface area contributed by atoms with Gasteiger partial charge < -0.3 is 9.80 Å². The molecule has 0 N–H and O–H groups in total. The third-order valence-electron chi connectivity index (χ3n) is 5.05. The number of carbonyl (C=O) groups is 2. The van der Waals surface area contributed by atoms with E-state index in [-0.39, 0.29) is 24.2 Å². The minimum Gasteiger partial charge on any atom is -0.345 e. The second kappa shape index (κ2) is 7.68. The van der Waals surface area contributed by atoms with Crippen LogP contribution in [-0.4, -0.2) is 41.8 Å². The minimum absolute atomic E-state index is 0.0308. The van der Waals surface area contributed by atoms with Crippen LogP contribution in [0, 0.1) is 19.8 Å². The van der Waals surface area contributed by atoms with Crippen molar-refractivity contribution in [1.29, 1.82) is 0 Å². The van der Waals surface area contributed by atoms with Crippen LogP contribution in [0.5, 0.6) is 0 Å². The first-order valence-electron chi connectivity index (χ1n) is 8.98. The zero-order valence-corrected chi connectivity index (χ0v) is 15.6. The van der Waals surface area contributed by atoms with Crippen LogP contribution < -0.4 is 4.90 Å². The van der Waals surface area contributed by atoms with Gasteiger partial charge in [0.25, 0.3) is 0 Å². The zero-order chi connectivity index (χ0) is 18.7. The Morgan fingerprint density at radius 2 is 1.85 bits per heavy atom. The predicted octanol–water partition coefficient (Wildman–Crippen LogP) is 2.75. The molecule has 2 amide bonds. The molecule has 136 valence electrons. The lowest BCUT2D eigenvalue weighted by Crippen LogP contribution is -2.36. The second-order valence-electron chi connectivity index (χ2n) is 7.01. The summed E-state index contributed by atoms with van der Waals surface area (Å²) >= 11 is 0. The van der Waals surface area contributed by atoms with Crippen LogP contribution in [0.4, 0.5) is 5.69 Å². The Labute approximate surface area is 154 Å². The van der Waals surface area contributed by atoms with Gasteiger partial charge in [-0.15, -0.1) is 0 Å². The van der Waals surface area contributed by atoms with Gasteiger partial charge in [0.15, 0.2) is 0 Å². The van der Waals surface area contributed by atoms with Gasteiger partial charge in [0.1, 0.15) is 0 Å². The number of likely N-dealkylation sites (N-methyl/N-ethyl adjacent to an activating group) is 1. The molecule has 1 aliphatic rings. The fourth-order valence-electron chi connectivity index (χ4n) is 3.59. The van der Waals surface area contributed by atoms with Gasteiger partial charge in [0, 0.05) is 44.6 Å². The number of pyridine rings is 1. The largest absolute Gasteiger partial charge is 0.345 e. The maximum absolute atomic E-state index is 12.8. The molecule has 1 aromatic heterocycles. The topological polar surface area (TPSA) is 53.5 Å². The van der Waals surface area contributed by atoms with Gasteiger partial charge >= 0.3 is 0 Å². The van der Waals surface area contributed by atoms with Crippen molar-refractivity contribution in [2.75, 3.05) is 25.0 Å². The standard InChI is InChI=1S/C21H25N3O2/c1-15-5-4-6-16(2)20(15)24-14-18(13-19(24)25)21(26)23(3)12-9-17-7-10-22-11-8-17/h4-8,10-11,18H,9,12-14H2,1-3H3. The van der Waals surface area contributed by atoms with Gasteiger partial charge in [0.2, 0.25) is 11.8 Å². The summed E-state index contributed by atoms with van der Waals surface area (Å²) in [5, 5.41) is 0. The summed E-state index contributed by atoms with van der Waals surface area (Å²) in [6.45, 7) is 5.11. The molecule has 1 saturated heterocycles. The number of carbonyl (C=O) groups excluding carboxylic acids is 2. The zero-order valence-electron chi connectivity index (χ0n) is 15.6. The van der Waals surface area contributed by atoms with Gasteiger partial charge in [-0.2, -0.15) is 0 Å². The Bertz CT molecular complexity index is 784. The first kappa shape index (κ1) is 18.1. The molecule has 0 spiro atoms. The molecule has 2 heterocycles. The molecule has 0 aliphatic carbocycles. The minimum atomic E-state index is -0.274. The smallest absolute Gasteiger partial charge is 0.227 e. The normalized spacial score (nSPS) is 16.8. The van der Waals surface area contributed by atoms with E-state index >= 15 is 0 Å². The first-order valence-corrected chi connectivity index (χ1v) is 8.98. The van der Waals surface area contributed by atoms with Crippen LogP contribution in [-0.2, 0) is 16.0 Å². The summed E-state index contributed by atoms with van der Waals surface area (Å²) < 4.78 is 0. The van der Waals surface area contributed by atoms with Crippen molar-refractivity contribution in [3.8, 4) is 0 Å². The fourth-order valence-corrected chi connectivity index (χ4v) is 3.59. The number of hydrogen-bond donors (Lipinski definition) is 0. The van der Waals surface area contributed by atoms with E-state index in [1.165, 1.54) is 0 Å². The van der Waals surface area contributed by atoms with E-state index in [1.807, 2.05) is 51.2 Å². The first-order chi connectivity index (χ1) is 12.5. The average Bonchev–Trinajstić information content (AvgIpc) is 3.01. The molecule has 0 bridgehead atoms. The van der Waals surface area contributed by atoms with Crippen molar-refractivity contribution >= 4 is 17.5 Å². The molecule has 1 atom stereocenters. The Morgan fingerprint density at radius 1 is 1.19 bits per heavy atom. The molecular weight excluding hydrogens is 326 g/mol. The van der Waals surface area contributed by atoms with Crippen molar-refractivity contribution in [3.05, 3.63) is 59.4 Å². The summed E-state index contributed by atoms with van der Waals surface area (Å²) in [5.41, 5.74) is 4.24. The van der Waals surface area contributed by atoms with E-state index in [1.54, 1.807) is 22.2 Å². The fraction of sp³-hybridized carbons (Fsp3) is 0.381. The highest BCUT2D eigenvalue weighted by Gasteiger charge is 2.37. The third-order valence-corrected chi connectivity index (χ3v) is 5.05. The highest BCUT2D eigenvalue weighted by Crippen LogP contribution is 2.31. The summed E-state index contributed by atoms with van der Waals surface area (Å²) in [5.74, 6) is -0.201. The molecule has 0 radical (unpaired) electrons. The lowest BCUT2D eigenvalue weighted by atomic mass is 10.1. The number of nitrogens with zero attached hydrogens (tertiary/aromatic N) is 3. The van der Waals surface area contributed by atoms with Crippen LogP contribution in [0.1, 0.15) is 23.1 Å². The van der Waals surface area contributed by atoms with Crippen molar-refractivity contribution in [2.24, 2.45) is 5.92 Å². The van der Waals surface area contributed by atoms with E-state index in [2.05, 4.69) is 4.98 Å². The number of anilines is 1. The summed E-state index contributed by atoms with van der Waals surface area (Å²) in [6, 6.07) is 9.92. The highest BCUT2D eigenvalue weighted by molar-refractivity contribution is 6.01. The molecule has 3 rings (SSSR count). The maximum atomic E-state index is 12.8. The van der Waals surface area contributed by atoms with Gasteiger partial charge in [-0.3, -0.25) is 14.6 Å². The number of hydrogen-bond acceptors (Lipinski definition) is 3. The molecule has 2 aromatic rings. The lowest BCUT2D eigenvalue weighted by molar-refractivity contribution is -0.134. The molecule has 5 nitrogen and oxygen atoms in total. The number of para-hydroxylation sites is 1. The van der Waals surface area contributed by atoms with Crippen molar-refractivity contribution in [2.45, 2.75) is 26.7 Å². The van der Waals surface area contributed by atoms with Crippen LogP contribution in [0.15, 0.2) is 42.7 Å². The van der Waals surface area contributed by atoms with E-state index < -0.39 is 0 Å². The molecule has 26 heavy (non-hydrogen) atoms. The second-order valence-corrected chi connectivity index (χ2v) is 7.01. The predicted molar refractivity (Wildman–Crippen MR) is 102 cm³/mol. The van der Waals surface area contributed by atoms with Gasteiger partial charge in [-0.25, -0.2) is 0 Å². The SMILES string of the molecule is Cc1cccc(C)c1N1CC(C(=O)N(C)CCc2ccncc2)CC1=O. The Hall–Kier alpha value is -2.69. The number of amides is 2. The van der Waals surface area contributed by atoms with Crippen molar-refractivity contribution < 1.29 is 9.59 Å². The summed E-state index contributed by atoms with van der Waals surface area (Å²) in [7, 11) is 1.82. The Kier molecular flexibility index (Phi) is 5.35. The third kappa shape index (κ3) is 3.77. The van der Waals surface area contributed by atoms with E-state index in [0.29, 0.717) is 13.1 Å². The number of aryl methyl sites for hydroxylation is 2. The molecule has 1 aromatic carbocycles.